The van der Waals surface area contributed by atoms with Gasteiger partial charge in [0, 0.05) is 6.42 Å². The summed E-state index contributed by atoms with van der Waals surface area (Å²) in [5.41, 5.74) is 0. The van der Waals surface area contributed by atoms with Gasteiger partial charge < -0.3 is 24.5 Å². The number of hydrogen-bond donors (Lipinski definition) is 2. The maximum atomic E-state index is 12.7. The van der Waals surface area contributed by atoms with Crippen LogP contribution in [0.4, 0.5) is 0 Å². The summed E-state index contributed by atoms with van der Waals surface area (Å²) >= 11 is 0. The van der Waals surface area contributed by atoms with Gasteiger partial charge in [0.25, 0.3) is 0 Å². The maximum Gasteiger partial charge on any atom is 0.213 e. The zero-order chi connectivity index (χ0) is 15.9. The van der Waals surface area contributed by atoms with Gasteiger partial charge in [0.05, 0.1) is 12.2 Å². The molecule has 2 heterocycles. The van der Waals surface area contributed by atoms with Crippen molar-refractivity contribution in [3.05, 3.63) is 47.8 Å². The molecule has 0 amide bonds. The molecule has 2 rings (SSSR count). The molecule has 0 saturated carbocycles. The van der Waals surface area contributed by atoms with Crippen LogP contribution in [0.25, 0.3) is 0 Å². The standard InChI is InChI=1S/C16H18O6/c17-8-2-1-5-11(15-12(18)6-3-9-21-15)14(20)16-13(19)7-4-10-22-16/h3-4,6-8,10-11,16,18-19H,1-2,5,9H2. The lowest BCUT2D eigenvalue weighted by Crippen LogP contribution is -2.34. The fraction of sp³-hybridized carbons (Fsp3) is 0.375. The lowest BCUT2D eigenvalue weighted by atomic mass is 9.89. The monoisotopic (exact) mass is 306 g/mol. The molecule has 0 aromatic rings. The first-order valence-corrected chi connectivity index (χ1v) is 7.06. The van der Waals surface area contributed by atoms with Crippen LogP contribution in [0.2, 0.25) is 0 Å². The maximum absolute atomic E-state index is 12.7. The number of aliphatic hydroxyl groups excluding tert-OH is 2. The fourth-order valence-corrected chi connectivity index (χ4v) is 2.36. The van der Waals surface area contributed by atoms with Gasteiger partial charge in [0.1, 0.15) is 24.4 Å². The lowest BCUT2D eigenvalue weighted by molar-refractivity contribution is -0.131. The van der Waals surface area contributed by atoms with E-state index in [2.05, 4.69) is 0 Å². The number of ether oxygens (including phenoxy) is 2. The number of aldehydes is 1. The number of hydrogen-bond acceptors (Lipinski definition) is 6. The molecule has 22 heavy (non-hydrogen) atoms. The molecule has 0 aromatic carbocycles. The van der Waals surface area contributed by atoms with Crippen molar-refractivity contribution in [2.45, 2.75) is 25.4 Å². The van der Waals surface area contributed by atoms with Crippen molar-refractivity contribution in [2.24, 2.45) is 5.92 Å². The Morgan fingerprint density at radius 1 is 1.45 bits per heavy atom. The number of aliphatic hydroxyl groups is 2. The van der Waals surface area contributed by atoms with Crippen LogP contribution in [-0.2, 0) is 19.1 Å². The summed E-state index contributed by atoms with van der Waals surface area (Å²) in [5, 5.41) is 19.7. The largest absolute Gasteiger partial charge is 0.508 e. The van der Waals surface area contributed by atoms with Crippen LogP contribution in [0, 0.1) is 5.92 Å². The second-order valence-corrected chi connectivity index (χ2v) is 4.95. The van der Waals surface area contributed by atoms with Crippen LogP contribution in [0.3, 0.4) is 0 Å². The Hall–Kier alpha value is -2.50. The van der Waals surface area contributed by atoms with Gasteiger partial charge in [-0.15, -0.1) is 0 Å². The Morgan fingerprint density at radius 3 is 2.95 bits per heavy atom. The highest BCUT2D eigenvalue weighted by molar-refractivity contribution is 5.90. The molecule has 2 atom stereocenters. The normalized spacial score (nSPS) is 21.6. The average Bonchev–Trinajstić information content (AvgIpc) is 2.53. The van der Waals surface area contributed by atoms with Gasteiger partial charge in [0.2, 0.25) is 6.10 Å². The van der Waals surface area contributed by atoms with E-state index in [1.54, 1.807) is 6.08 Å². The molecular formula is C16H18O6. The lowest BCUT2D eigenvalue weighted by Gasteiger charge is -2.26. The quantitative estimate of drug-likeness (QED) is 0.553. The summed E-state index contributed by atoms with van der Waals surface area (Å²) in [6, 6.07) is 0. The minimum Gasteiger partial charge on any atom is -0.508 e. The van der Waals surface area contributed by atoms with E-state index >= 15 is 0 Å². The topological polar surface area (TPSA) is 93.1 Å². The van der Waals surface area contributed by atoms with Crippen LogP contribution in [0.1, 0.15) is 19.3 Å². The van der Waals surface area contributed by atoms with E-state index in [0.29, 0.717) is 19.3 Å². The first kappa shape index (κ1) is 15.9. The number of carbonyl (C=O) groups is 2. The molecule has 0 bridgehead atoms. The first-order valence-electron chi connectivity index (χ1n) is 7.06. The fourth-order valence-electron chi connectivity index (χ4n) is 2.36. The molecule has 0 saturated heterocycles. The molecule has 118 valence electrons. The van der Waals surface area contributed by atoms with Gasteiger partial charge in [0.15, 0.2) is 11.5 Å². The highest BCUT2D eigenvalue weighted by Gasteiger charge is 2.36. The Balaban J connectivity index is 2.21. The van der Waals surface area contributed by atoms with Gasteiger partial charge in [-0.1, -0.05) is 0 Å². The molecular weight excluding hydrogens is 288 g/mol. The molecule has 0 radical (unpaired) electrons. The van der Waals surface area contributed by atoms with E-state index in [9.17, 15) is 19.8 Å². The van der Waals surface area contributed by atoms with Crippen molar-refractivity contribution in [3.63, 3.8) is 0 Å². The van der Waals surface area contributed by atoms with Crippen molar-refractivity contribution in [2.75, 3.05) is 6.61 Å². The SMILES string of the molecule is O=CCCCC(C(=O)C1OC=CC=C1O)C1=C(O)C=CCO1. The Kier molecular flexibility index (Phi) is 5.41. The first-order chi connectivity index (χ1) is 10.6. The molecule has 2 aliphatic rings. The third-order valence-electron chi connectivity index (χ3n) is 3.43. The predicted octanol–water partition coefficient (Wildman–Crippen LogP) is 2.25. The number of ketones is 1. The van der Waals surface area contributed by atoms with E-state index in [1.165, 1.54) is 24.5 Å². The predicted molar refractivity (Wildman–Crippen MR) is 77.9 cm³/mol. The van der Waals surface area contributed by atoms with E-state index < -0.39 is 17.8 Å². The summed E-state index contributed by atoms with van der Waals surface area (Å²) in [6.45, 7) is 0.254. The summed E-state index contributed by atoms with van der Waals surface area (Å²) in [4.78, 5) is 23.1. The summed E-state index contributed by atoms with van der Waals surface area (Å²) in [7, 11) is 0. The van der Waals surface area contributed by atoms with Crippen molar-refractivity contribution < 1.29 is 29.3 Å². The van der Waals surface area contributed by atoms with Crippen LogP contribution >= 0.6 is 0 Å². The number of unbranched alkanes of at least 4 members (excludes halogenated alkanes) is 1. The van der Waals surface area contributed by atoms with Crippen LogP contribution in [0.15, 0.2) is 47.8 Å². The van der Waals surface area contributed by atoms with Crippen LogP contribution < -0.4 is 0 Å². The molecule has 2 aliphatic heterocycles. The highest BCUT2D eigenvalue weighted by Crippen LogP contribution is 2.29. The number of rotatable bonds is 7. The minimum absolute atomic E-state index is 0.120. The summed E-state index contributed by atoms with van der Waals surface area (Å²) in [6.07, 6.45) is 8.02. The molecule has 6 heteroatoms. The smallest absolute Gasteiger partial charge is 0.213 e. The van der Waals surface area contributed by atoms with Crippen molar-refractivity contribution in [1.82, 2.24) is 0 Å². The number of carbonyl (C=O) groups excluding carboxylic acids is 2. The highest BCUT2D eigenvalue weighted by atomic mass is 16.5. The average molecular weight is 306 g/mol. The van der Waals surface area contributed by atoms with Crippen molar-refractivity contribution in [1.29, 1.82) is 0 Å². The van der Waals surface area contributed by atoms with Gasteiger partial charge in [-0.3, -0.25) is 4.79 Å². The third-order valence-corrected chi connectivity index (χ3v) is 3.43. The van der Waals surface area contributed by atoms with E-state index in [4.69, 9.17) is 9.47 Å². The molecule has 2 unspecified atom stereocenters. The van der Waals surface area contributed by atoms with Crippen molar-refractivity contribution in [3.8, 4) is 0 Å². The molecule has 0 aliphatic carbocycles. The van der Waals surface area contributed by atoms with Crippen LogP contribution in [0.5, 0.6) is 0 Å². The number of Topliss-reactive ketones (excluding diaryl/α,β-unsaturated/α-hetero) is 1. The van der Waals surface area contributed by atoms with Crippen molar-refractivity contribution >= 4 is 12.1 Å². The third kappa shape index (κ3) is 3.58. The Morgan fingerprint density at radius 2 is 2.27 bits per heavy atom. The second kappa shape index (κ2) is 7.49. The zero-order valence-electron chi connectivity index (χ0n) is 12.0. The Labute approximate surface area is 128 Å². The van der Waals surface area contributed by atoms with Gasteiger partial charge >= 0.3 is 0 Å². The number of allylic oxidation sites excluding steroid dienone is 4. The van der Waals surface area contributed by atoms with Gasteiger partial charge in [-0.2, -0.15) is 0 Å². The van der Waals surface area contributed by atoms with Gasteiger partial charge in [-0.05, 0) is 37.1 Å². The van der Waals surface area contributed by atoms with E-state index in [-0.39, 0.29) is 23.9 Å². The second-order valence-electron chi connectivity index (χ2n) is 4.95. The summed E-state index contributed by atoms with van der Waals surface area (Å²) in [5.74, 6) is -1.35. The summed E-state index contributed by atoms with van der Waals surface area (Å²) < 4.78 is 10.6. The van der Waals surface area contributed by atoms with Gasteiger partial charge in [-0.25, -0.2) is 0 Å². The zero-order valence-corrected chi connectivity index (χ0v) is 12.0. The molecule has 0 aromatic heterocycles. The Bertz CT molecular complexity index is 555. The van der Waals surface area contributed by atoms with E-state index in [0.717, 1.165) is 6.29 Å². The molecule has 0 fully saturated rings. The molecule has 6 nitrogen and oxygen atoms in total. The minimum atomic E-state index is -1.12. The molecule has 0 spiro atoms. The van der Waals surface area contributed by atoms with Crippen LogP contribution in [-0.4, -0.2) is 35.0 Å². The molecule has 2 N–H and O–H groups in total. The van der Waals surface area contributed by atoms with E-state index in [1.807, 2.05) is 0 Å².